The van der Waals surface area contributed by atoms with Crippen LogP contribution in [-0.4, -0.2) is 31.5 Å². The smallest absolute Gasteiger partial charge is 0.283 e. The van der Waals surface area contributed by atoms with Gasteiger partial charge in [-0.15, -0.1) is 0 Å². The fourth-order valence-corrected chi connectivity index (χ4v) is 5.23. The monoisotopic (exact) mass is 481 g/mol. The minimum absolute atomic E-state index is 0.0739. The molecule has 0 fully saturated rings. The van der Waals surface area contributed by atoms with Crippen LogP contribution in [0.2, 0.25) is 5.02 Å². The number of thioether (sulfide) groups is 1. The second kappa shape index (κ2) is 9.69. The number of rotatable bonds is 7. The molecule has 6 nitrogen and oxygen atoms in total. The Morgan fingerprint density at radius 2 is 1.97 bits per heavy atom. The summed E-state index contributed by atoms with van der Waals surface area (Å²) in [4.78, 5) is 17.0. The van der Waals surface area contributed by atoms with Gasteiger partial charge >= 0.3 is 0 Å². The van der Waals surface area contributed by atoms with E-state index >= 15 is 0 Å². The molecule has 1 aromatic heterocycles. The Hall–Kier alpha value is -2.64. The molecule has 0 bridgehead atoms. The summed E-state index contributed by atoms with van der Waals surface area (Å²) in [6, 6.07) is 7.85. The third kappa shape index (κ3) is 4.57. The van der Waals surface area contributed by atoms with Crippen molar-refractivity contribution in [1.82, 2.24) is 9.58 Å². The molecule has 2 aliphatic rings. The highest BCUT2D eigenvalue weighted by Gasteiger charge is 2.35. The third-order valence-electron chi connectivity index (χ3n) is 5.99. The molecule has 0 aliphatic carbocycles. The maximum atomic E-state index is 12.8. The van der Waals surface area contributed by atoms with Crippen molar-refractivity contribution in [2.45, 2.75) is 59.8 Å². The number of hydrogen-bond donors (Lipinski definition) is 1. The van der Waals surface area contributed by atoms with Crippen LogP contribution in [-0.2, 0) is 4.79 Å². The second-order valence-electron chi connectivity index (χ2n) is 8.37. The predicted molar refractivity (Wildman–Crippen MR) is 139 cm³/mol. The van der Waals surface area contributed by atoms with Crippen LogP contribution in [0, 0.1) is 26.2 Å². The van der Waals surface area contributed by atoms with Gasteiger partial charge in [0.15, 0.2) is 5.84 Å². The number of amides is 1. The van der Waals surface area contributed by atoms with Gasteiger partial charge in [0.05, 0.1) is 5.57 Å². The average molecular weight is 482 g/mol. The van der Waals surface area contributed by atoms with Crippen molar-refractivity contribution in [3.05, 3.63) is 57.4 Å². The van der Waals surface area contributed by atoms with Gasteiger partial charge in [-0.3, -0.25) is 10.2 Å². The number of amidine groups is 2. The summed E-state index contributed by atoms with van der Waals surface area (Å²) >= 11 is 7.75. The van der Waals surface area contributed by atoms with Crippen LogP contribution in [0.25, 0.3) is 11.8 Å². The summed E-state index contributed by atoms with van der Waals surface area (Å²) in [5.41, 5.74) is 5.10. The number of hydrogen-bond acceptors (Lipinski definition) is 4. The zero-order valence-corrected chi connectivity index (χ0v) is 21.0. The molecule has 4 rings (SSSR count). The van der Waals surface area contributed by atoms with Gasteiger partial charge in [0.2, 0.25) is 5.17 Å². The fraction of sp³-hybridized carbons (Fsp3) is 0.360. The van der Waals surface area contributed by atoms with Crippen molar-refractivity contribution in [3.8, 4) is 5.69 Å². The quantitative estimate of drug-likeness (QED) is 0.355. The highest BCUT2D eigenvalue weighted by molar-refractivity contribution is 8.26. The number of nitrogens with one attached hydrogen (secondary N) is 1. The molecule has 0 atom stereocenters. The first-order valence-corrected chi connectivity index (χ1v) is 12.4. The highest BCUT2D eigenvalue weighted by Crippen LogP contribution is 2.32. The fourth-order valence-electron chi connectivity index (χ4n) is 4.13. The summed E-state index contributed by atoms with van der Waals surface area (Å²) < 4.78 is 2.12. The van der Waals surface area contributed by atoms with Crippen LogP contribution in [0.3, 0.4) is 0 Å². The third-order valence-corrected chi connectivity index (χ3v) is 7.37. The Morgan fingerprint density at radius 3 is 2.73 bits per heavy atom. The lowest BCUT2D eigenvalue weighted by Crippen LogP contribution is -2.35. The van der Waals surface area contributed by atoms with E-state index in [0.29, 0.717) is 10.2 Å². The van der Waals surface area contributed by atoms with Crippen LogP contribution in [0.1, 0.15) is 61.5 Å². The van der Waals surface area contributed by atoms with Crippen molar-refractivity contribution in [2.24, 2.45) is 10.1 Å². The first-order chi connectivity index (χ1) is 15.8. The standard InChI is InChI=1S/C25H28ClN5OS/c1-5-6-7-8-12-22-29-31-23(27)19(24(32)28-25(31)33-22)14-18-13-15(2)30(17(18)4)21-11-9-10-20(26)16(21)3/h9-11,13-14,27H,5-8,12H2,1-4H3/b19-14+,27-23?. The summed E-state index contributed by atoms with van der Waals surface area (Å²) in [7, 11) is 0. The number of benzene rings is 1. The van der Waals surface area contributed by atoms with Crippen molar-refractivity contribution < 1.29 is 4.79 Å². The number of unbranched alkanes of at least 4 members (excludes halogenated alkanes) is 3. The Labute approximate surface area is 203 Å². The van der Waals surface area contributed by atoms with Gasteiger partial charge in [0, 0.05) is 22.1 Å². The van der Waals surface area contributed by atoms with E-state index in [0.717, 1.165) is 52.5 Å². The molecule has 172 valence electrons. The molecule has 1 amide bonds. The maximum absolute atomic E-state index is 12.8. The lowest BCUT2D eigenvalue weighted by Gasteiger charge is -2.20. The molecule has 2 aliphatic heterocycles. The SMILES string of the molecule is CCCCCCC1=NN2C(=N)/C(=C\c3cc(C)n(-c4cccc(Cl)c4C)c3C)C(=O)N=C2S1. The number of nitrogens with zero attached hydrogens (tertiary/aromatic N) is 4. The van der Waals surface area contributed by atoms with Gasteiger partial charge in [-0.05, 0) is 80.8 Å². The number of aliphatic imine (C=N–C) groups is 1. The molecular formula is C25H28ClN5OS. The van der Waals surface area contributed by atoms with Gasteiger partial charge in [0.25, 0.3) is 5.91 Å². The van der Waals surface area contributed by atoms with Gasteiger partial charge in [-0.25, -0.2) is 0 Å². The number of aromatic nitrogens is 1. The number of hydrazone groups is 1. The molecule has 1 aromatic carbocycles. The average Bonchev–Trinajstić information content (AvgIpc) is 3.31. The topological polar surface area (TPSA) is 73.8 Å². The molecule has 0 saturated carbocycles. The van der Waals surface area contributed by atoms with E-state index in [1.807, 2.05) is 45.0 Å². The van der Waals surface area contributed by atoms with E-state index in [2.05, 4.69) is 21.6 Å². The molecule has 1 N–H and O–H groups in total. The Balaban J connectivity index is 1.63. The first-order valence-electron chi connectivity index (χ1n) is 11.2. The molecule has 2 aromatic rings. The highest BCUT2D eigenvalue weighted by atomic mass is 35.5. The molecule has 33 heavy (non-hydrogen) atoms. The van der Waals surface area contributed by atoms with E-state index in [9.17, 15) is 4.79 Å². The molecular weight excluding hydrogens is 454 g/mol. The number of carbonyl (C=O) groups is 1. The number of aryl methyl sites for hydroxylation is 1. The van der Waals surface area contributed by atoms with Gasteiger partial charge in [-0.1, -0.05) is 43.9 Å². The van der Waals surface area contributed by atoms with Crippen molar-refractivity contribution in [2.75, 3.05) is 0 Å². The first kappa shape index (κ1) is 23.5. The Bertz CT molecular complexity index is 1220. The normalized spacial score (nSPS) is 17.0. The predicted octanol–water partition coefficient (Wildman–Crippen LogP) is 6.65. The van der Waals surface area contributed by atoms with E-state index in [1.54, 1.807) is 6.08 Å². The second-order valence-corrected chi connectivity index (χ2v) is 9.82. The summed E-state index contributed by atoms with van der Waals surface area (Å²) in [5, 5.41) is 16.8. The molecule has 0 radical (unpaired) electrons. The van der Waals surface area contributed by atoms with Crippen LogP contribution in [0.15, 0.2) is 39.9 Å². The summed E-state index contributed by atoms with van der Waals surface area (Å²) in [6.07, 6.45) is 7.20. The van der Waals surface area contributed by atoms with Crippen LogP contribution in [0.5, 0.6) is 0 Å². The van der Waals surface area contributed by atoms with Crippen molar-refractivity contribution >= 4 is 51.4 Å². The molecule has 8 heteroatoms. The van der Waals surface area contributed by atoms with Gasteiger partial charge < -0.3 is 4.57 Å². The zero-order chi connectivity index (χ0) is 23.7. The number of halogens is 1. The largest absolute Gasteiger partial charge is 0.318 e. The minimum atomic E-state index is -0.398. The number of fused-ring (bicyclic) bond motifs is 1. The minimum Gasteiger partial charge on any atom is -0.318 e. The lowest BCUT2D eigenvalue weighted by molar-refractivity contribution is -0.114. The van der Waals surface area contributed by atoms with E-state index < -0.39 is 5.91 Å². The van der Waals surface area contributed by atoms with E-state index in [4.69, 9.17) is 17.0 Å². The van der Waals surface area contributed by atoms with E-state index in [1.165, 1.54) is 29.6 Å². The molecule has 3 heterocycles. The van der Waals surface area contributed by atoms with E-state index in [-0.39, 0.29) is 11.4 Å². The molecule has 0 spiro atoms. The van der Waals surface area contributed by atoms with Crippen LogP contribution >= 0.6 is 23.4 Å². The summed E-state index contributed by atoms with van der Waals surface area (Å²) in [5.74, 6) is -0.324. The van der Waals surface area contributed by atoms with Crippen LogP contribution in [0.4, 0.5) is 0 Å². The van der Waals surface area contributed by atoms with Crippen molar-refractivity contribution in [3.63, 3.8) is 0 Å². The maximum Gasteiger partial charge on any atom is 0.283 e. The Morgan fingerprint density at radius 1 is 1.18 bits per heavy atom. The summed E-state index contributed by atoms with van der Waals surface area (Å²) in [6.45, 7) is 8.20. The zero-order valence-electron chi connectivity index (χ0n) is 19.4. The van der Waals surface area contributed by atoms with Gasteiger partial charge in [0.1, 0.15) is 5.04 Å². The molecule has 0 saturated heterocycles. The van der Waals surface area contributed by atoms with Crippen LogP contribution < -0.4 is 0 Å². The Kier molecular flexibility index (Phi) is 6.91. The molecule has 0 unspecified atom stereocenters. The van der Waals surface area contributed by atoms with Crippen molar-refractivity contribution in [1.29, 1.82) is 5.41 Å². The number of carbonyl (C=O) groups excluding carboxylic acids is 1. The lowest BCUT2D eigenvalue weighted by atomic mass is 10.1. The van der Waals surface area contributed by atoms with Gasteiger partial charge in [-0.2, -0.15) is 15.1 Å².